The van der Waals surface area contributed by atoms with Crippen LogP contribution in [0.3, 0.4) is 0 Å². The van der Waals surface area contributed by atoms with Gasteiger partial charge in [0.15, 0.2) is 0 Å². The van der Waals surface area contributed by atoms with Crippen molar-refractivity contribution >= 4 is 21.6 Å². The molecule has 5 heteroatoms. The van der Waals surface area contributed by atoms with Crippen LogP contribution < -0.4 is 0 Å². The first-order valence-electron chi connectivity index (χ1n) is 3.94. The second-order valence-corrected chi connectivity index (χ2v) is 3.76. The quantitative estimate of drug-likeness (QED) is 0.403. The zero-order valence-electron chi connectivity index (χ0n) is 7.76. The zero-order valence-corrected chi connectivity index (χ0v) is 18.8. The van der Waals surface area contributed by atoms with Crippen molar-refractivity contribution in [2.24, 2.45) is 0 Å². The van der Waals surface area contributed by atoms with Gasteiger partial charge < -0.3 is 11.1 Å². The molecule has 0 unspecified atom stereocenters. The molecular weight excluding hydrogens is 670 g/mol. The second-order valence-electron chi connectivity index (χ2n) is 2.91. The summed E-state index contributed by atoms with van der Waals surface area (Å²) in [5, 5.41) is 4.31. The third kappa shape index (κ3) is 3.68. The first-order chi connectivity index (χ1) is 5.79. The molecule has 1 aliphatic heterocycles. The number of nitrogens with one attached hydrogen (secondary N) is 1. The fourth-order valence-electron chi connectivity index (χ4n) is 1.50. The molecule has 0 spiro atoms. The van der Waals surface area contributed by atoms with Crippen LogP contribution in [0.2, 0.25) is 0 Å². The monoisotopic (exact) mass is 678 g/mol. The van der Waals surface area contributed by atoms with Crippen LogP contribution in [0.4, 0.5) is 5.69 Å². The summed E-state index contributed by atoms with van der Waals surface area (Å²) in [6, 6.07) is 3.77. The van der Waals surface area contributed by atoms with Crippen LogP contribution in [0.1, 0.15) is 11.1 Å². The number of benzene rings is 1. The summed E-state index contributed by atoms with van der Waals surface area (Å²) in [5.74, 6) is 0. The molecule has 0 aliphatic carbocycles. The molecule has 0 aromatic heterocycles. The molecule has 2 nitrogen and oxygen atoms in total. The molecule has 1 aromatic carbocycles. The number of rotatable bonds is 0. The first-order valence-corrected chi connectivity index (χ1v) is 4.73. The normalized spacial score (nSPS) is 13.5. The summed E-state index contributed by atoms with van der Waals surface area (Å²) in [6.45, 7) is 1.64. The van der Waals surface area contributed by atoms with Gasteiger partial charge in [-0.1, -0.05) is 33.1 Å². The van der Waals surface area contributed by atoms with Gasteiger partial charge in [-0.2, -0.15) is 0 Å². The van der Waals surface area contributed by atoms with Gasteiger partial charge in [0.25, 0.3) is 0 Å². The third-order valence-electron chi connectivity index (χ3n) is 2.16. The standard InChI is InChI=1S/C9H9BrN2.2Ac/c10-8-1-2-9(11)6-3-4-12-5-7(6)8;;/h1-2,11H,3-5H2;;/q-2;;. The van der Waals surface area contributed by atoms with Crippen molar-refractivity contribution in [3.63, 3.8) is 0 Å². The van der Waals surface area contributed by atoms with Gasteiger partial charge in [-0.15, -0.1) is 18.8 Å². The Balaban J connectivity index is 0.000000845. The largest absolute Gasteiger partial charge is 0.698 e. The van der Waals surface area contributed by atoms with Crippen molar-refractivity contribution in [1.82, 2.24) is 0 Å². The van der Waals surface area contributed by atoms with Gasteiger partial charge in [0.2, 0.25) is 0 Å². The molecular formula is C9H9Ac2BrN2-2. The van der Waals surface area contributed by atoms with Crippen molar-refractivity contribution in [3.8, 4) is 0 Å². The van der Waals surface area contributed by atoms with Gasteiger partial charge in [0, 0.05) is 92.6 Å². The van der Waals surface area contributed by atoms with Gasteiger partial charge in [-0.25, -0.2) is 0 Å². The fourth-order valence-corrected chi connectivity index (χ4v) is 2.00. The molecule has 70 valence electrons. The minimum Gasteiger partial charge on any atom is -0.698 e. The van der Waals surface area contributed by atoms with Crippen molar-refractivity contribution in [1.29, 1.82) is 0 Å². The van der Waals surface area contributed by atoms with E-state index in [1.165, 1.54) is 11.1 Å². The van der Waals surface area contributed by atoms with Crippen LogP contribution in [-0.2, 0) is 13.0 Å². The van der Waals surface area contributed by atoms with E-state index in [0.29, 0.717) is 5.69 Å². The van der Waals surface area contributed by atoms with Gasteiger partial charge in [-0.05, 0) is 12.5 Å². The van der Waals surface area contributed by atoms with Crippen LogP contribution in [0.25, 0.3) is 11.1 Å². The Labute approximate surface area is 164 Å². The molecule has 0 bridgehead atoms. The fraction of sp³-hybridized carbons (Fsp3) is 0.333. The first kappa shape index (κ1) is 16.3. The van der Waals surface area contributed by atoms with Crippen LogP contribution in [0, 0.1) is 88.1 Å². The maximum Gasteiger partial charge on any atom is 0.0191 e. The summed E-state index contributed by atoms with van der Waals surface area (Å²) in [5.41, 5.74) is 10.7. The van der Waals surface area contributed by atoms with E-state index >= 15 is 0 Å². The molecule has 0 saturated heterocycles. The van der Waals surface area contributed by atoms with Gasteiger partial charge >= 0.3 is 0 Å². The van der Waals surface area contributed by atoms with E-state index in [1.807, 2.05) is 12.1 Å². The van der Waals surface area contributed by atoms with Crippen molar-refractivity contribution < 1.29 is 88.1 Å². The van der Waals surface area contributed by atoms with E-state index in [0.717, 1.165) is 24.0 Å². The average Bonchev–Trinajstić information content (AvgIpc) is 2.12. The number of hydrogen-bond donors (Lipinski definition) is 0. The van der Waals surface area contributed by atoms with E-state index in [-0.39, 0.29) is 88.1 Å². The van der Waals surface area contributed by atoms with Crippen molar-refractivity contribution in [2.45, 2.75) is 13.0 Å². The van der Waals surface area contributed by atoms with Gasteiger partial charge in [0.05, 0.1) is 0 Å². The van der Waals surface area contributed by atoms with E-state index in [1.54, 1.807) is 0 Å². The van der Waals surface area contributed by atoms with E-state index < -0.39 is 0 Å². The molecule has 1 N–H and O–H groups in total. The van der Waals surface area contributed by atoms with Crippen LogP contribution in [-0.4, -0.2) is 6.54 Å². The number of fused-ring (bicyclic) bond motifs is 1. The Hall–Kier alpha value is 2.34. The van der Waals surface area contributed by atoms with Crippen LogP contribution in [0.5, 0.6) is 0 Å². The van der Waals surface area contributed by atoms with Gasteiger partial charge in [0.1, 0.15) is 0 Å². The Morgan fingerprint density at radius 3 is 2.57 bits per heavy atom. The molecule has 1 aliphatic rings. The Morgan fingerprint density at radius 1 is 1.21 bits per heavy atom. The predicted octanol–water partition coefficient (Wildman–Crippen LogP) is 3.56. The predicted molar refractivity (Wildman–Crippen MR) is 53.8 cm³/mol. The summed E-state index contributed by atoms with van der Waals surface area (Å²) in [4.78, 5) is 0. The SMILES string of the molecule is [Ac].[Ac].[NH-]c1ccc(Br)c2c1CC[N-]C2. The molecule has 0 amide bonds. The van der Waals surface area contributed by atoms with E-state index in [2.05, 4.69) is 21.2 Å². The van der Waals surface area contributed by atoms with E-state index in [4.69, 9.17) is 5.73 Å². The Morgan fingerprint density at radius 2 is 1.93 bits per heavy atom. The number of nitrogens with zero attached hydrogens (tertiary/aromatic N) is 1. The minimum atomic E-state index is 0. The topological polar surface area (TPSA) is 37.9 Å². The molecule has 0 fully saturated rings. The molecule has 2 rings (SSSR count). The zero-order chi connectivity index (χ0) is 8.55. The van der Waals surface area contributed by atoms with Gasteiger partial charge in [-0.3, -0.25) is 0 Å². The smallest absolute Gasteiger partial charge is 0.0191 e. The van der Waals surface area contributed by atoms with Crippen LogP contribution >= 0.6 is 15.9 Å². The third-order valence-corrected chi connectivity index (χ3v) is 2.91. The summed E-state index contributed by atoms with van der Waals surface area (Å²) >= 11 is 3.47. The number of halogens is 1. The van der Waals surface area contributed by atoms with Crippen molar-refractivity contribution in [3.05, 3.63) is 38.8 Å². The maximum absolute atomic E-state index is 7.68. The summed E-state index contributed by atoms with van der Waals surface area (Å²) < 4.78 is 1.09. The van der Waals surface area contributed by atoms with E-state index in [9.17, 15) is 0 Å². The maximum atomic E-state index is 7.68. The Bertz CT molecular complexity index is 287. The Kier molecular flexibility index (Phi) is 8.90. The minimum absolute atomic E-state index is 0. The average molecular weight is 679 g/mol. The number of hydrogen-bond acceptors (Lipinski definition) is 0. The molecule has 0 saturated carbocycles. The summed E-state index contributed by atoms with van der Waals surface area (Å²) in [7, 11) is 0. The molecule has 0 atom stereocenters. The summed E-state index contributed by atoms with van der Waals surface area (Å²) in [6.07, 6.45) is 0.924. The molecule has 1 aromatic rings. The van der Waals surface area contributed by atoms with Crippen LogP contribution in [0.15, 0.2) is 16.6 Å². The second kappa shape index (κ2) is 7.63. The molecule has 1 heterocycles. The molecule has 14 heavy (non-hydrogen) atoms. The van der Waals surface area contributed by atoms with Crippen molar-refractivity contribution in [2.75, 3.05) is 6.54 Å². The molecule has 2 radical (unpaired) electrons.